The largest absolute Gasteiger partial charge is 0.489 e. The van der Waals surface area contributed by atoms with Crippen LogP contribution in [0.4, 0.5) is 0 Å². The molecule has 0 bridgehead atoms. The van der Waals surface area contributed by atoms with Crippen LogP contribution in [0.5, 0.6) is 11.5 Å². The maximum atomic E-state index is 11.6. The molecule has 0 radical (unpaired) electrons. The summed E-state index contributed by atoms with van der Waals surface area (Å²) in [5.74, 6) is 1.12. The Bertz CT molecular complexity index is 1480. The van der Waals surface area contributed by atoms with Gasteiger partial charge in [-0.25, -0.2) is 9.78 Å². The minimum atomic E-state index is -0.365. The van der Waals surface area contributed by atoms with E-state index in [1.165, 1.54) is 7.11 Å². The summed E-state index contributed by atoms with van der Waals surface area (Å²) in [4.78, 5) is 16.2. The Kier molecular flexibility index (Phi) is 6.90. The molecule has 5 rings (SSSR count). The molecule has 0 atom stereocenters. The van der Waals surface area contributed by atoms with Crippen molar-refractivity contribution in [2.45, 2.75) is 13.2 Å². The normalized spacial score (nSPS) is 10.7. The van der Waals surface area contributed by atoms with Crippen molar-refractivity contribution in [3.63, 3.8) is 0 Å². The molecule has 4 aromatic carbocycles. The molecule has 1 heterocycles. The lowest BCUT2D eigenvalue weighted by molar-refractivity contribution is 0.0600. The number of benzene rings is 4. The Balaban J connectivity index is 1.19. The smallest absolute Gasteiger partial charge is 0.337 e. The molecule has 0 saturated carbocycles. The number of rotatable bonds is 8. The molecule has 0 N–H and O–H groups in total. The van der Waals surface area contributed by atoms with Crippen LogP contribution >= 0.6 is 0 Å². The summed E-state index contributed by atoms with van der Waals surface area (Å²) < 4.78 is 16.6. The molecule has 1 aromatic heterocycles. The Morgan fingerprint density at radius 3 is 2.19 bits per heavy atom. The number of hydrogen-bond donors (Lipinski definition) is 0. The average Bonchev–Trinajstić information content (AvgIpc) is 2.95. The summed E-state index contributed by atoms with van der Waals surface area (Å²) in [5.41, 5.74) is 5.59. The first kappa shape index (κ1) is 23.1. The van der Waals surface area contributed by atoms with Crippen molar-refractivity contribution in [3.8, 4) is 22.6 Å². The molecule has 5 aromatic rings. The van der Waals surface area contributed by atoms with Crippen molar-refractivity contribution in [1.29, 1.82) is 0 Å². The van der Waals surface area contributed by atoms with Gasteiger partial charge in [-0.05, 0) is 71.3 Å². The Hall–Kier alpha value is -4.64. The van der Waals surface area contributed by atoms with Crippen molar-refractivity contribution >= 4 is 16.9 Å². The Morgan fingerprint density at radius 2 is 1.42 bits per heavy atom. The summed E-state index contributed by atoms with van der Waals surface area (Å²) >= 11 is 0. The number of methoxy groups -OCH3 is 1. The van der Waals surface area contributed by atoms with Crippen molar-refractivity contribution in [1.82, 2.24) is 4.98 Å². The average molecular weight is 476 g/mol. The van der Waals surface area contributed by atoms with E-state index in [4.69, 9.17) is 14.2 Å². The van der Waals surface area contributed by atoms with Crippen molar-refractivity contribution in [2.75, 3.05) is 7.11 Å². The molecule has 0 unspecified atom stereocenters. The zero-order valence-electron chi connectivity index (χ0n) is 19.9. The predicted octanol–water partition coefficient (Wildman–Crippen LogP) is 6.85. The first-order chi connectivity index (χ1) is 17.7. The van der Waals surface area contributed by atoms with Gasteiger partial charge in [-0.2, -0.15) is 0 Å². The first-order valence-corrected chi connectivity index (χ1v) is 11.7. The zero-order valence-corrected chi connectivity index (χ0v) is 19.9. The molecule has 178 valence electrons. The molecule has 0 aliphatic rings. The van der Waals surface area contributed by atoms with E-state index in [-0.39, 0.29) is 5.97 Å². The van der Waals surface area contributed by atoms with Gasteiger partial charge in [-0.15, -0.1) is 0 Å². The van der Waals surface area contributed by atoms with Crippen LogP contribution in [0, 0.1) is 0 Å². The third kappa shape index (κ3) is 5.53. The number of carbonyl (C=O) groups is 1. The molecule has 5 heteroatoms. The number of fused-ring (bicyclic) bond motifs is 1. The van der Waals surface area contributed by atoms with E-state index in [1.54, 1.807) is 24.3 Å². The second-order valence-corrected chi connectivity index (χ2v) is 8.31. The SMILES string of the molecule is COC(=O)c1ccc(OCc2cccc(-c3ccc(OCc4ccc5ccccc5n4)cc3)c2)cc1. The Labute approximate surface area is 209 Å². The van der Waals surface area contributed by atoms with Gasteiger partial charge in [-0.3, -0.25) is 0 Å². The van der Waals surface area contributed by atoms with Gasteiger partial charge in [-0.1, -0.05) is 54.6 Å². The number of para-hydroxylation sites is 1. The van der Waals surface area contributed by atoms with Gasteiger partial charge in [0.2, 0.25) is 0 Å². The maximum Gasteiger partial charge on any atom is 0.337 e. The molecular formula is C31H25NO4. The van der Waals surface area contributed by atoms with Gasteiger partial charge in [0, 0.05) is 5.39 Å². The number of aromatic nitrogens is 1. The molecule has 5 nitrogen and oxygen atoms in total. The van der Waals surface area contributed by atoms with Gasteiger partial charge in [0.1, 0.15) is 24.7 Å². The summed E-state index contributed by atoms with van der Waals surface area (Å²) in [6.07, 6.45) is 0. The van der Waals surface area contributed by atoms with Gasteiger partial charge < -0.3 is 14.2 Å². The van der Waals surface area contributed by atoms with E-state index in [0.717, 1.165) is 39.0 Å². The van der Waals surface area contributed by atoms with Gasteiger partial charge in [0.15, 0.2) is 0 Å². The number of nitrogens with zero attached hydrogens (tertiary/aromatic N) is 1. The molecule has 0 aliphatic heterocycles. The van der Waals surface area contributed by atoms with E-state index in [1.807, 2.05) is 48.5 Å². The monoisotopic (exact) mass is 475 g/mol. The quantitative estimate of drug-likeness (QED) is 0.230. The summed E-state index contributed by atoms with van der Waals surface area (Å²) in [6, 6.07) is 35.3. The third-order valence-electron chi connectivity index (χ3n) is 5.84. The van der Waals surface area contributed by atoms with Crippen LogP contribution in [0.2, 0.25) is 0 Å². The van der Waals surface area contributed by atoms with E-state index in [0.29, 0.717) is 24.5 Å². The summed E-state index contributed by atoms with van der Waals surface area (Å²) in [5, 5.41) is 1.12. The lowest BCUT2D eigenvalue weighted by Crippen LogP contribution is -2.01. The lowest BCUT2D eigenvalue weighted by atomic mass is 10.0. The Morgan fingerprint density at radius 1 is 0.694 bits per heavy atom. The first-order valence-electron chi connectivity index (χ1n) is 11.7. The third-order valence-corrected chi connectivity index (χ3v) is 5.84. The highest BCUT2D eigenvalue weighted by Crippen LogP contribution is 2.25. The van der Waals surface area contributed by atoms with Crippen LogP contribution in [0.3, 0.4) is 0 Å². The number of carbonyl (C=O) groups excluding carboxylic acids is 1. The fourth-order valence-corrected chi connectivity index (χ4v) is 3.90. The van der Waals surface area contributed by atoms with Crippen molar-refractivity contribution in [3.05, 3.63) is 126 Å². The fraction of sp³-hybridized carbons (Fsp3) is 0.0968. The zero-order chi connectivity index (χ0) is 24.7. The van der Waals surface area contributed by atoms with Crippen molar-refractivity contribution in [2.24, 2.45) is 0 Å². The van der Waals surface area contributed by atoms with Gasteiger partial charge in [0.25, 0.3) is 0 Å². The van der Waals surface area contributed by atoms with Gasteiger partial charge >= 0.3 is 5.97 Å². The van der Waals surface area contributed by atoms with E-state index in [9.17, 15) is 4.79 Å². The van der Waals surface area contributed by atoms with E-state index >= 15 is 0 Å². The lowest BCUT2D eigenvalue weighted by Gasteiger charge is -2.10. The van der Waals surface area contributed by atoms with Crippen LogP contribution in [0.25, 0.3) is 22.0 Å². The van der Waals surface area contributed by atoms with Crippen LogP contribution in [-0.4, -0.2) is 18.1 Å². The van der Waals surface area contributed by atoms with Gasteiger partial charge in [0.05, 0.1) is 23.9 Å². The number of esters is 1. The van der Waals surface area contributed by atoms with Crippen LogP contribution in [-0.2, 0) is 18.0 Å². The highest BCUT2D eigenvalue weighted by atomic mass is 16.5. The summed E-state index contributed by atoms with van der Waals surface area (Å²) in [6.45, 7) is 0.836. The molecule has 36 heavy (non-hydrogen) atoms. The second kappa shape index (κ2) is 10.7. The standard InChI is InChI=1S/C31H25NO4/c1-34-31(33)25-12-17-28(18-13-25)35-20-22-5-4-7-26(19-22)23-10-15-29(16-11-23)36-21-27-14-9-24-6-2-3-8-30(24)32-27/h2-19H,20-21H2,1H3. The number of hydrogen-bond acceptors (Lipinski definition) is 5. The fourth-order valence-electron chi connectivity index (χ4n) is 3.90. The van der Waals surface area contributed by atoms with Crippen LogP contribution in [0.15, 0.2) is 109 Å². The molecule has 0 fully saturated rings. The highest BCUT2D eigenvalue weighted by Gasteiger charge is 2.06. The molecule has 0 spiro atoms. The second-order valence-electron chi connectivity index (χ2n) is 8.31. The highest BCUT2D eigenvalue weighted by molar-refractivity contribution is 5.89. The number of ether oxygens (including phenoxy) is 3. The minimum Gasteiger partial charge on any atom is -0.489 e. The topological polar surface area (TPSA) is 57.7 Å². The molecule has 0 saturated heterocycles. The predicted molar refractivity (Wildman–Crippen MR) is 140 cm³/mol. The van der Waals surface area contributed by atoms with Crippen LogP contribution in [0.1, 0.15) is 21.6 Å². The molecule has 0 aliphatic carbocycles. The minimum absolute atomic E-state index is 0.365. The van der Waals surface area contributed by atoms with E-state index in [2.05, 4.69) is 41.4 Å². The number of pyridine rings is 1. The summed E-state index contributed by atoms with van der Waals surface area (Å²) in [7, 11) is 1.37. The van der Waals surface area contributed by atoms with E-state index < -0.39 is 0 Å². The molecular weight excluding hydrogens is 450 g/mol. The van der Waals surface area contributed by atoms with Crippen LogP contribution < -0.4 is 9.47 Å². The maximum absolute atomic E-state index is 11.6. The van der Waals surface area contributed by atoms with Crippen molar-refractivity contribution < 1.29 is 19.0 Å². The molecule has 0 amide bonds.